The molecule has 3 nitrogen and oxygen atoms in total. The van der Waals surface area contributed by atoms with Gasteiger partial charge < -0.3 is 10.0 Å². The third kappa shape index (κ3) is 2.69. The molecule has 1 amide bonds. The average Bonchev–Trinajstić information content (AvgIpc) is 3.04. The molecule has 1 fully saturated rings. The maximum Gasteiger partial charge on any atom is 0.256 e. The Bertz CT molecular complexity index is 721. The second-order valence-corrected chi connectivity index (χ2v) is 5.70. The summed E-state index contributed by atoms with van der Waals surface area (Å²) < 4.78 is 14.0. The second kappa shape index (κ2) is 5.79. The zero-order valence-corrected chi connectivity index (χ0v) is 12.5. The first kappa shape index (κ1) is 14.6. The predicted molar refractivity (Wildman–Crippen MR) is 83.4 cm³/mol. The summed E-state index contributed by atoms with van der Waals surface area (Å²) >= 11 is 0. The number of aromatic hydroxyl groups is 1. The molecule has 0 spiro atoms. The van der Waals surface area contributed by atoms with Crippen molar-refractivity contribution < 1.29 is 14.3 Å². The highest BCUT2D eigenvalue weighted by Gasteiger charge is 2.22. The summed E-state index contributed by atoms with van der Waals surface area (Å²) in [6.45, 7) is 3.19. The van der Waals surface area contributed by atoms with Crippen molar-refractivity contribution in [2.75, 3.05) is 13.1 Å². The van der Waals surface area contributed by atoms with E-state index < -0.39 is 5.82 Å². The molecule has 0 aliphatic carbocycles. The molecule has 2 aromatic carbocycles. The van der Waals surface area contributed by atoms with Gasteiger partial charge in [0.15, 0.2) is 0 Å². The van der Waals surface area contributed by atoms with Gasteiger partial charge >= 0.3 is 0 Å². The number of likely N-dealkylation sites (tertiary alicyclic amines) is 1. The number of nitrogens with zero attached hydrogens (tertiary/aromatic N) is 1. The van der Waals surface area contributed by atoms with Crippen LogP contribution in [0.3, 0.4) is 0 Å². The molecular formula is C18H18FNO2. The smallest absolute Gasteiger partial charge is 0.256 e. The fraction of sp³-hybridized carbons (Fsp3) is 0.278. The Morgan fingerprint density at radius 2 is 1.73 bits per heavy atom. The number of aryl methyl sites for hydroxylation is 1. The summed E-state index contributed by atoms with van der Waals surface area (Å²) in [5, 5.41) is 9.60. The van der Waals surface area contributed by atoms with Crippen molar-refractivity contribution in [2.45, 2.75) is 19.8 Å². The number of rotatable bonds is 2. The third-order valence-electron chi connectivity index (χ3n) is 4.12. The third-order valence-corrected chi connectivity index (χ3v) is 4.12. The number of benzene rings is 2. The van der Waals surface area contributed by atoms with Crippen LogP contribution in [-0.2, 0) is 0 Å². The normalized spacial score (nSPS) is 14.4. The quantitative estimate of drug-likeness (QED) is 0.917. The highest BCUT2D eigenvalue weighted by Crippen LogP contribution is 2.27. The molecular weight excluding hydrogens is 281 g/mol. The lowest BCUT2D eigenvalue weighted by Crippen LogP contribution is -2.28. The first-order valence-corrected chi connectivity index (χ1v) is 7.45. The van der Waals surface area contributed by atoms with E-state index in [1.807, 2.05) is 6.07 Å². The lowest BCUT2D eigenvalue weighted by molar-refractivity contribution is 0.0788. The zero-order chi connectivity index (χ0) is 15.7. The molecule has 1 saturated heterocycles. The maximum absolute atomic E-state index is 14.0. The molecule has 0 radical (unpaired) electrons. The van der Waals surface area contributed by atoms with Crippen molar-refractivity contribution in [1.29, 1.82) is 0 Å². The Morgan fingerprint density at radius 3 is 2.41 bits per heavy atom. The number of phenols is 1. The number of carbonyl (C=O) groups is 1. The fourth-order valence-electron chi connectivity index (χ4n) is 2.79. The van der Waals surface area contributed by atoms with Crippen LogP contribution in [-0.4, -0.2) is 29.0 Å². The first-order valence-electron chi connectivity index (χ1n) is 7.45. The predicted octanol–water partition coefficient (Wildman–Crippen LogP) is 3.74. The van der Waals surface area contributed by atoms with Crippen LogP contribution in [0.2, 0.25) is 0 Å². The number of amides is 1. The van der Waals surface area contributed by atoms with Gasteiger partial charge in [0.05, 0.1) is 5.56 Å². The summed E-state index contributed by atoms with van der Waals surface area (Å²) in [5.74, 6) is -0.511. The van der Waals surface area contributed by atoms with Crippen LogP contribution in [0.15, 0.2) is 36.4 Å². The molecule has 1 heterocycles. The summed E-state index contributed by atoms with van der Waals surface area (Å²) in [7, 11) is 0. The van der Waals surface area contributed by atoms with Crippen molar-refractivity contribution in [3.05, 3.63) is 53.3 Å². The van der Waals surface area contributed by atoms with Gasteiger partial charge in [-0.15, -0.1) is 0 Å². The number of hydrogen-bond donors (Lipinski definition) is 1. The molecule has 114 valence electrons. The highest BCUT2D eigenvalue weighted by molar-refractivity contribution is 5.96. The molecule has 0 atom stereocenters. The topological polar surface area (TPSA) is 40.5 Å². The largest absolute Gasteiger partial charge is 0.508 e. The van der Waals surface area contributed by atoms with E-state index in [1.165, 1.54) is 6.07 Å². The fourth-order valence-corrected chi connectivity index (χ4v) is 2.79. The van der Waals surface area contributed by atoms with Crippen LogP contribution in [0.25, 0.3) is 11.1 Å². The number of hydrogen-bond acceptors (Lipinski definition) is 2. The lowest BCUT2D eigenvalue weighted by atomic mass is 10.00. The van der Waals surface area contributed by atoms with Gasteiger partial charge in [0.2, 0.25) is 0 Å². The molecule has 2 aromatic rings. The molecule has 4 heteroatoms. The molecule has 1 aliphatic heterocycles. The number of halogens is 1. The average molecular weight is 299 g/mol. The Hall–Kier alpha value is -2.36. The van der Waals surface area contributed by atoms with Gasteiger partial charge in [-0.3, -0.25) is 4.79 Å². The van der Waals surface area contributed by atoms with E-state index in [0.29, 0.717) is 13.1 Å². The van der Waals surface area contributed by atoms with Gasteiger partial charge in [0, 0.05) is 13.1 Å². The first-order chi connectivity index (χ1) is 10.6. The molecule has 0 unspecified atom stereocenters. The second-order valence-electron chi connectivity index (χ2n) is 5.70. The lowest BCUT2D eigenvalue weighted by Gasteiger charge is -2.16. The van der Waals surface area contributed by atoms with E-state index in [2.05, 4.69) is 0 Å². The minimum absolute atomic E-state index is 0.116. The van der Waals surface area contributed by atoms with Crippen LogP contribution in [0.1, 0.15) is 28.8 Å². The molecule has 0 bridgehead atoms. The summed E-state index contributed by atoms with van der Waals surface area (Å²) in [6, 6.07) is 9.78. The summed E-state index contributed by atoms with van der Waals surface area (Å²) in [4.78, 5) is 14.1. The Morgan fingerprint density at radius 1 is 1.09 bits per heavy atom. The van der Waals surface area contributed by atoms with E-state index in [4.69, 9.17) is 0 Å². The van der Waals surface area contributed by atoms with Crippen molar-refractivity contribution >= 4 is 5.91 Å². The van der Waals surface area contributed by atoms with Gasteiger partial charge in [-0.2, -0.15) is 0 Å². The molecule has 22 heavy (non-hydrogen) atoms. The van der Waals surface area contributed by atoms with E-state index in [9.17, 15) is 14.3 Å². The Labute approximate surface area is 129 Å². The van der Waals surface area contributed by atoms with Crippen LogP contribution < -0.4 is 0 Å². The van der Waals surface area contributed by atoms with Crippen molar-refractivity contribution in [2.24, 2.45) is 0 Å². The summed E-state index contributed by atoms with van der Waals surface area (Å²) in [5.41, 5.74) is 2.48. The van der Waals surface area contributed by atoms with Crippen LogP contribution in [0.4, 0.5) is 4.39 Å². The van der Waals surface area contributed by atoms with E-state index >= 15 is 0 Å². The molecule has 0 aromatic heterocycles. The monoisotopic (exact) mass is 299 g/mol. The van der Waals surface area contributed by atoms with Gasteiger partial charge in [-0.25, -0.2) is 4.39 Å². The number of phenolic OH excluding ortho intramolecular Hbond substituents is 1. The maximum atomic E-state index is 14.0. The molecule has 1 N–H and O–H groups in total. The van der Waals surface area contributed by atoms with E-state index in [1.54, 1.807) is 36.1 Å². The Kier molecular flexibility index (Phi) is 3.84. The van der Waals surface area contributed by atoms with Gasteiger partial charge in [-0.1, -0.05) is 12.1 Å². The standard InChI is InChI=1S/C18H18FNO2/c1-12-10-13(5-7-17(12)21)14-4-6-16(19)15(11-14)18(22)20-8-2-3-9-20/h4-7,10-11,21H,2-3,8-9H2,1H3. The minimum Gasteiger partial charge on any atom is -0.508 e. The van der Waals surface area contributed by atoms with Crippen molar-refractivity contribution in [3.8, 4) is 16.9 Å². The van der Waals surface area contributed by atoms with E-state index in [-0.39, 0.29) is 17.2 Å². The van der Waals surface area contributed by atoms with Crippen molar-refractivity contribution in [3.63, 3.8) is 0 Å². The molecule has 3 rings (SSSR count). The SMILES string of the molecule is Cc1cc(-c2ccc(F)c(C(=O)N3CCCC3)c2)ccc1O. The van der Waals surface area contributed by atoms with Crippen LogP contribution in [0, 0.1) is 12.7 Å². The van der Waals surface area contributed by atoms with E-state index in [0.717, 1.165) is 29.5 Å². The van der Waals surface area contributed by atoms with Gasteiger partial charge in [0.25, 0.3) is 5.91 Å². The summed E-state index contributed by atoms with van der Waals surface area (Å²) in [6.07, 6.45) is 1.95. The number of carbonyl (C=O) groups excluding carboxylic acids is 1. The van der Waals surface area contributed by atoms with Crippen LogP contribution in [0.5, 0.6) is 5.75 Å². The van der Waals surface area contributed by atoms with Crippen molar-refractivity contribution in [1.82, 2.24) is 4.90 Å². The van der Waals surface area contributed by atoms with Gasteiger partial charge in [0.1, 0.15) is 11.6 Å². The minimum atomic E-state index is -0.490. The highest BCUT2D eigenvalue weighted by atomic mass is 19.1. The Balaban J connectivity index is 1.98. The molecule has 1 aliphatic rings. The molecule has 0 saturated carbocycles. The van der Waals surface area contributed by atoms with Crippen LogP contribution >= 0.6 is 0 Å². The van der Waals surface area contributed by atoms with Gasteiger partial charge in [-0.05, 0) is 60.7 Å². The zero-order valence-electron chi connectivity index (χ0n) is 12.5.